The van der Waals surface area contributed by atoms with Gasteiger partial charge in [0.05, 0.1) is 0 Å². The minimum atomic E-state index is 0.380. The molecule has 0 spiro atoms. The summed E-state index contributed by atoms with van der Waals surface area (Å²) in [7, 11) is 0.838. The number of hydrogen-bond donors (Lipinski definition) is 0. The van der Waals surface area contributed by atoms with E-state index < -0.39 is 0 Å². The summed E-state index contributed by atoms with van der Waals surface area (Å²) in [4.78, 5) is 2.35. The summed E-state index contributed by atoms with van der Waals surface area (Å²) in [5.74, 6) is 0.380. The monoisotopic (exact) mass is 307 g/mol. The van der Waals surface area contributed by atoms with Crippen LogP contribution >= 0.6 is 8.58 Å². The van der Waals surface area contributed by atoms with Gasteiger partial charge in [0.1, 0.15) is 0 Å². The van der Waals surface area contributed by atoms with Gasteiger partial charge in [-0.25, -0.2) is 0 Å². The van der Waals surface area contributed by atoms with Crippen LogP contribution in [-0.4, -0.2) is 17.2 Å². The van der Waals surface area contributed by atoms with Crippen LogP contribution in [0, 0.1) is 5.92 Å². The molecule has 3 rings (SSSR count). The zero-order valence-corrected chi connectivity index (χ0v) is 14.0. The number of hydrogen-bond acceptors (Lipinski definition) is 1. The number of allylic oxidation sites excluding steroid dienone is 11. The molecular weight excluding hydrogens is 285 g/mol. The maximum Gasteiger partial charge on any atom is 0.0379 e. The van der Waals surface area contributed by atoms with Crippen molar-refractivity contribution in [1.29, 1.82) is 0 Å². The van der Waals surface area contributed by atoms with E-state index >= 15 is 0 Å². The highest BCUT2D eigenvalue weighted by Gasteiger charge is 2.31. The highest BCUT2D eigenvalue weighted by atomic mass is 31.1. The Morgan fingerprint density at radius 2 is 2.18 bits per heavy atom. The lowest BCUT2D eigenvalue weighted by Crippen LogP contribution is -2.25. The molecule has 0 amide bonds. The molecule has 0 aromatic heterocycles. The molecule has 1 heterocycles. The van der Waals surface area contributed by atoms with E-state index in [1.54, 1.807) is 0 Å². The fourth-order valence-electron chi connectivity index (χ4n) is 3.19. The Morgan fingerprint density at radius 3 is 2.86 bits per heavy atom. The zero-order chi connectivity index (χ0) is 15.5. The van der Waals surface area contributed by atoms with E-state index in [9.17, 15) is 0 Å². The Balaban J connectivity index is 2.09. The van der Waals surface area contributed by atoms with Gasteiger partial charge in [0, 0.05) is 41.2 Å². The average molecular weight is 307 g/mol. The molecule has 22 heavy (non-hydrogen) atoms. The van der Waals surface area contributed by atoms with Crippen molar-refractivity contribution in [3.8, 4) is 0 Å². The van der Waals surface area contributed by atoms with Crippen molar-refractivity contribution in [3.63, 3.8) is 0 Å². The van der Waals surface area contributed by atoms with Crippen LogP contribution in [0.15, 0.2) is 96.6 Å². The second kappa shape index (κ2) is 6.50. The third-order valence-electron chi connectivity index (χ3n) is 4.35. The van der Waals surface area contributed by atoms with Crippen molar-refractivity contribution in [2.45, 2.75) is 12.1 Å². The fraction of sp³-hybridized carbons (Fsp3) is 0.200. The molecule has 0 N–H and O–H groups in total. The summed E-state index contributed by atoms with van der Waals surface area (Å²) in [5.41, 5.74) is 5.48. The topological polar surface area (TPSA) is 3.24 Å². The Bertz CT molecular complexity index is 670. The second-order valence-corrected chi connectivity index (χ2v) is 6.86. The highest BCUT2D eigenvalue weighted by Crippen LogP contribution is 2.42. The molecule has 112 valence electrons. The first kappa shape index (κ1) is 15.1. The molecule has 1 aliphatic heterocycles. The van der Waals surface area contributed by atoms with Crippen LogP contribution in [0.25, 0.3) is 0 Å². The van der Waals surface area contributed by atoms with Crippen molar-refractivity contribution in [1.82, 2.24) is 4.90 Å². The molecule has 0 aromatic rings. The van der Waals surface area contributed by atoms with Gasteiger partial charge in [-0.3, -0.25) is 0 Å². The molecule has 0 bridgehead atoms. The standard InChI is InChI=1S/C20H22NP/c1-4-19(22-3)18-13-12-17-15(2)9-7-8-14-21(20(17)18)16-10-5-6-11-16/h4-10,12-14,18-19,22H,1-2,11H2,3H3/b9-7-,14-8-. The van der Waals surface area contributed by atoms with Gasteiger partial charge >= 0.3 is 0 Å². The predicted octanol–water partition coefficient (Wildman–Crippen LogP) is 5.07. The van der Waals surface area contributed by atoms with Crippen LogP contribution in [0.3, 0.4) is 0 Å². The van der Waals surface area contributed by atoms with Gasteiger partial charge in [-0.05, 0) is 24.4 Å². The summed E-state index contributed by atoms with van der Waals surface area (Å²) >= 11 is 0. The largest absolute Gasteiger partial charge is 0.323 e. The first-order chi connectivity index (χ1) is 10.8. The second-order valence-electron chi connectivity index (χ2n) is 5.62. The Kier molecular flexibility index (Phi) is 4.45. The lowest BCUT2D eigenvalue weighted by Gasteiger charge is -2.32. The van der Waals surface area contributed by atoms with E-state index in [-0.39, 0.29) is 0 Å². The van der Waals surface area contributed by atoms with Crippen molar-refractivity contribution in [3.05, 3.63) is 96.6 Å². The fourth-order valence-corrected chi connectivity index (χ4v) is 4.06. The van der Waals surface area contributed by atoms with Gasteiger partial charge in [-0.2, -0.15) is 0 Å². The minimum absolute atomic E-state index is 0.380. The van der Waals surface area contributed by atoms with Gasteiger partial charge in [0.2, 0.25) is 0 Å². The van der Waals surface area contributed by atoms with E-state index in [0.29, 0.717) is 11.6 Å². The summed E-state index contributed by atoms with van der Waals surface area (Å²) in [6.07, 6.45) is 22.6. The van der Waals surface area contributed by atoms with Gasteiger partial charge in [-0.1, -0.05) is 49.1 Å². The molecule has 2 aliphatic carbocycles. The number of nitrogens with zero attached hydrogens (tertiary/aromatic N) is 1. The first-order valence-electron chi connectivity index (χ1n) is 7.67. The normalized spacial score (nSPS) is 27.9. The van der Waals surface area contributed by atoms with Crippen molar-refractivity contribution < 1.29 is 0 Å². The van der Waals surface area contributed by atoms with E-state index in [4.69, 9.17) is 0 Å². The third-order valence-corrected chi connectivity index (χ3v) is 5.61. The van der Waals surface area contributed by atoms with E-state index in [1.165, 1.54) is 17.0 Å². The highest BCUT2D eigenvalue weighted by molar-refractivity contribution is 7.38. The van der Waals surface area contributed by atoms with Gasteiger partial charge in [0.15, 0.2) is 0 Å². The molecule has 0 saturated carbocycles. The Morgan fingerprint density at radius 1 is 1.32 bits per heavy atom. The minimum Gasteiger partial charge on any atom is -0.323 e. The van der Waals surface area contributed by atoms with Crippen LogP contribution < -0.4 is 0 Å². The zero-order valence-electron chi connectivity index (χ0n) is 13.0. The van der Waals surface area contributed by atoms with Gasteiger partial charge in [-0.15, -0.1) is 15.2 Å². The van der Waals surface area contributed by atoms with Crippen LogP contribution in [-0.2, 0) is 0 Å². The van der Waals surface area contributed by atoms with Crippen LogP contribution in [0.2, 0.25) is 0 Å². The van der Waals surface area contributed by atoms with E-state index in [2.05, 4.69) is 85.6 Å². The molecule has 3 atom stereocenters. The maximum absolute atomic E-state index is 4.25. The van der Waals surface area contributed by atoms with E-state index in [1.807, 2.05) is 0 Å². The Hall–Kier alpha value is -1.85. The van der Waals surface area contributed by atoms with Crippen molar-refractivity contribution in [2.24, 2.45) is 5.92 Å². The molecule has 2 heteroatoms. The molecule has 1 nitrogen and oxygen atoms in total. The van der Waals surface area contributed by atoms with Gasteiger partial charge in [0.25, 0.3) is 0 Å². The first-order valence-corrected chi connectivity index (χ1v) is 9.25. The van der Waals surface area contributed by atoms with Crippen LogP contribution in [0.4, 0.5) is 0 Å². The molecule has 3 aliphatic rings. The summed E-state index contributed by atoms with van der Waals surface area (Å²) in [5, 5.41) is 0. The average Bonchev–Trinajstić information content (AvgIpc) is 3.17. The predicted molar refractivity (Wildman–Crippen MR) is 99.0 cm³/mol. The third kappa shape index (κ3) is 2.62. The summed E-state index contributed by atoms with van der Waals surface area (Å²) < 4.78 is 0. The Labute approximate surface area is 135 Å². The molecular formula is C20H22NP. The molecule has 3 unspecified atom stereocenters. The quantitative estimate of drug-likeness (QED) is 0.517. The summed E-state index contributed by atoms with van der Waals surface area (Å²) in [6.45, 7) is 10.6. The number of rotatable bonds is 4. The van der Waals surface area contributed by atoms with E-state index in [0.717, 1.165) is 20.6 Å². The maximum atomic E-state index is 4.25. The van der Waals surface area contributed by atoms with Gasteiger partial charge < -0.3 is 4.90 Å². The molecule has 0 radical (unpaired) electrons. The van der Waals surface area contributed by atoms with Crippen molar-refractivity contribution in [2.75, 3.05) is 6.66 Å². The SMILES string of the molecule is C=CC(PC)C1C=CC2=C1N(C1=CC=CC1)/C=C\C=C/C2=C. The lowest BCUT2D eigenvalue weighted by atomic mass is 9.97. The smallest absolute Gasteiger partial charge is 0.0379 e. The lowest BCUT2D eigenvalue weighted by molar-refractivity contribution is 0.499. The van der Waals surface area contributed by atoms with Crippen LogP contribution in [0.5, 0.6) is 0 Å². The van der Waals surface area contributed by atoms with Crippen molar-refractivity contribution >= 4 is 8.58 Å². The molecule has 0 saturated heterocycles. The van der Waals surface area contributed by atoms with Crippen LogP contribution in [0.1, 0.15) is 6.42 Å². The summed E-state index contributed by atoms with van der Waals surface area (Å²) in [6, 6.07) is 0. The molecule has 0 fully saturated rings. The molecule has 0 aromatic carbocycles.